The molecule has 0 aromatic heterocycles. The first-order chi connectivity index (χ1) is 6.25. The Morgan fingerprint density at radius 3 is 2.69 bits per heavy atom. The summed E-state index contributed by atoms with van der Waals surface area (Å²) in [5.74, 6) is 0.968. The van der Waals surface area contributed by atoms with Crippen LogP contribution in [-0.2, 0) is 0 Å². The van der Waals surface area contributed by atoms with E-state index in [9.17, 15) is 0 Å². The lowest BCUT2D eigenvalue weighted by Crippen LogP contribution is -2.52. The Morgan fingerprint density at radius 1 is 1.23 bits per heavy atom. The number of hydrogen-bond donors (Lipinski definition) is 1. The fourth-order valence-electron chi connectivity index (χ4n) is 2.80. The van der Waals surface area contributed by atoms with E-state index in [4.69, 9.17) is 0 Å². The van der Waals surface area contributed by atoms with E-state index in [0.717, 1.165) is 12.0 Å². The molecule has 0 bridgehead atoms. The number of hydrogen-bond acceptors (Lipinski definition) is 2. The molecule has 76 valence electrons. The molecule has 0 aromatic carbocycles. The number of nitrogens with zero attached hydrogens (tertiary/aromatic N) is 1. The molecular weight excluding hydrogens is 160 g/mol. The lowest BCUT2D eigenvalue weighted by molar-refractivity contribution is 0.148. The third kappa shape index (κ3) is 2.23. The summed E-state index contributed by atoms with van der Waals surface area (Å²) in [5.41, 5.74) is 0. The van der Waals surface area contributed by atoms with E-state index in [2.05, 4.69) is 24.1 Å². The van der Waals surface area contributed by atoms with Gasteiger partial charge in [-0.05, 0) is 32.1 Å². The van der Waals surface area contributed by atoms with Gasteiger partial charge in [-0.25, -0.2) is 0 Å². The lowest BCUT2D eigenvalue weighted by atomic mass is 10.1. The number of rotatable bonds is 1. The van der Waals surface area contributed by atoms with Crippen molar-refractivity contribution in [2.75, 3.05) is 19.6 Å². The molecule has 1 saturated carbocycles. The molecule has 3 atom stereocenters. The Kier molecular flexibility index (Phi) is 2.89. The highest BCUT2D eigenvalue weighted by molar-refractivity contribution is 4.85. The number of piperazine rings is 1. The highest BCUT2D eigenvalue weighted by atomic mass is 15.2. The van der Waals surface area contributed by atoms with Crippen LogP contribution in [0.3, 0.4) is 0 Å². The van der Waals surface area contributed by atoms with Gasteiger partial charge in [-0.2, -0.15) is 0 Å². The van der Waals surface area contributed by atoms with Crippen LogP contribution in [-0.4, -0.2) is 36.6 Å². The fourth-order valence-corrected chi connectivity index (χ4v) is 2.80. The highest BCUT2D eigenvalue weighted by Gasteiger charge is 2.28. The van der Waals surface area contributed by atoms with Crippen molar-refractivity contribution in [3.8, 4) is 0 Å². The molecule has 0 aromatic rings. The summed E-state index contributed by atoms with van der Waals surface area (Å²) in [7, 11) is 0. The van der Waals surface area contributed by atoms with Crippen LogP contribution in [0.4, 0.5) is 0 Å². The monoisotopic (exact) mass is 182 g/mol. The average molecular weight is 182 g/mol. The van der Waals surface area contributed by atoms with Crippen molar-refractivity contribution < 1.29 is 0 Å². The molecule has 1 aliphatic heterocycles. The smallest absolute Gasteiger partial charge is 0.0167 e. The summed E-state index contributed by atoms with van der Waals surface area (Å²) in [6.45, 7) is 8.40. The van der Waals surface area contributed by atoms with Gasteiger partial charge in [-0.1, -0.05) is 6.92 Å². The third-order valence-corrected chi connectivity index (χ3v) is 3.58. The third-order valence-electron chi connectivity index (χ3n) is 3.58. The lowest BCUT2D eigenvalue weighted by Gasteiger charge is -2.36. The van der Waals surface area contributed by atoms with Gasteiger partial charge in [-0.15, -0.1) is 0 Å². The quantitative estimate of drug-likeness (QED) is 0.660. The van der Waals surface area contributed by atoms with Gasteiger partial charge in [0.15, 0.2) is 0 Å². The van der Waals surface area contributed by atoms with E-state index in [0.29, 0.717) is 6.04 Å². The standard InChI is InChI=1S/C11H22N2/c1-9-3-4-11(7-9)13-6-5-12-10(2)8-13/h9-12H,3-8H2,1-2H3. The summed E-state index contributed by atoms with van der Waals surface area (Å²) in [6.07, 6.45) is 4.32. The van der Waals surface area contributed by atoms with Crippen LogP contribution in [0.2, 0.25) is 0 Å². The summed E-state index contributed by atoms with van der Waals surface area (Å²) in [4.78, 5) is 2.70. The van der Waals surface area contributed by atoms with E-state index < -0.39 is 0 Å². The van der Waals surface area contributed by atoms with Crippen molar-refractivity contribution in [1.82, 2.24) is 10.2 Å². The second-order valence-corrected chi connectivity index (χ2v) is 4.92. The van der Waals surface area contributed by atoms with Crippen molar-refractivity contribution in [3.63, 3.8) is 0 Å². The summed E-state index contributed by atoms with van der Waals surface area (Å²) >= 11 is 0. The minimum absolute atomic E-state index is 0.699. The van der Waals surface area contributed by atoms with Crippen LogP contribution in [0.25, 0.3) is 0 Å². The minimum Gasteiger partial charge on any atom is -0.312 e. The molecule has 2 aliphatic rings. The second kappa shape index (κ2) is 3.97. The van der Waals surface area contributed by atoms with Crippen LogP contribution < -0.4 is 5.32 Å². The van der Waals surface area contributed by atoms with Crippen molar-refractivity contribution in [2.45, 2.75) is 45.2 Å². The van der Waals surface area contributed by atoms with Crippen molar-refractivity contribution in [2.24, 2.45) is 5.92 Å². The van der Waals surface area contributed by atoms with Gasteiger partial charge < -0.3 is 5.32 Å². The van der Waals surface area contributed by atoms with E-state index >= 15 is 0 Å². The molecule has 1 heterocycles. The molecular formula is C11H22N2. The van der Waals surface area contributed by atoms with Crippen LogP contribution in [0.5, 0.6) is 0 Å². The summed E-state index contributed by atoms with van der Waals surface area (Å²) in [6, 6.07) is 1.60. The summed E-state index contributed by atoms with van der Waals surface area (Å²) in [5, 5.41) is 3.50. The molecule has 1 saturated heterocycles. The fraction of sp³-hybridized carbons (Fsp3) is 1.00. The first kappa shape index (κ1) is 9.47. The zero-order valence-corrected chi connectivity index (χ0v) is 8.92. The zero-order valence-electron chi connectivity index (χ0n) is 8.92. The molecule has 1 aliphatic carbocycles. The highest BCUT2D eigenvalue weighted by Crippen LogP contribution is 2.29. The van der Waals surface area contributed by atoms with Crippen LogP contribution in [0.15, 0.2) is 0 Å². The Balaban J connectivity index is 1.85. The molecule has 2 nitrogen and oxygen atoms in total. The van der Waals surface area contributed by atoms with Gasteiger partial charge in [0, 0.05) is 31.7 Å². The zero-order chi connectivity index (χ0) is 9.26. The topological polar surface area (TPSA) is 15.3 Å². The predicted octanol–water partition coefficient (Wildman–Crippen LogP) is 1.47. The second-order valence-electron chi connectivity index (χ2n) is 4.92. The molecule has 3 unspecified atom stereocenters. The maximum atomic E-state index is 3.50. The molecule has 0 amide bonds. The van der Waals surface area contributed by atoms with E-state index in [1.807, 2.05) is 0 Å². The first-order valence-electron chi connectivity index (χ1n) is 5.73. The van der Waals surface area contributed by atoms with Crippen LogP contribution >= 0.6 is 0 Å². The van der Waals surface area contributed by atoms with Gasteiger partial charge in [0.25, 0.3) is 0 Å². The number of nitrogens with one attached hydrogen (secondary N) is 1. The van der Waals surface area contributed by atoms with E-state index in [1.165, 1.54) is 38.9 Å². The van der Waals surface area contributed by atoms with Crippen molar-refractivity contribution in [3.05, 3.63) is 0 Å². The molecule has 0 radical (unpaired) electrons. The Bertz CT molecular complexity index is 169. The molecule has 1 N–H and O–H groups in total. The Labute approximate surface area is 81.7 Å². The van der Waals surface area contributed by atoms with Gasteiger partial charge in [0.2, 0.25) is 0 Å². The van der Waals surface area contributed by atoms with Gasteiger partial charge in [-0.3, -0.25) is 4.90 Å². The normalized spacial score (nSPS) is 42.5. The molecule has 13 heavy (non-hydrogen) atoms. The van der Waals surface area contributed by atoms with Crippen LogP contribution in [0.1, 0.15) is 33.1 Å². The largest absolute Gasteiger partial charge is 0.312 e. The van der Waals surface area contributed by atoms with Crippen molar-refractivity contribution in [1.29, 1.82) is 0 Å². The molecule has 2 rings (SSSR count). The molecule has 2 heteroatoms. The van der Waals surface area contributed by atoms with Gasteiger partial charge >= 0.3 is 0 Å². The van der Waals surface area contributed by atoms with Gasteiger partial charge in [0.1, 0.15) is 0 Å². The van der Waals surface area contributed by atoms with Gasteiger partial charge in [0.05, 0.1) is 0 Å². The molecule has 2 fully saturated rings. The van der Waals surface area contributed by atoms with Crippen LogP contribution in [0, 0.1) is 5.92 Å². The Hall–Kier alpha value is -0.0800. The Morgan fingerprint density at radius 2 is 2.08 bits per heavy atom. The maximum absolute atomic E-state index is 3.50. The SMILES string of the molecule is CC1CCC(N2CCNC(C)C2)C1. The maximum Gasteiger partial charge on any atom is 0.0167 e. The summed E-state index contributed by atoms with van der Waals surface area (Å²) < 4.78 is 0. The van der Waals surface area contributed by atoms with E-state index in [-0.39, 0.29) is 0 Å². The van der Waals surface area contributed by atoms with E-state index in [1.54, 1.807) is 0 Å². The predicted molar refractivity (Wildman–Crippen MR) is 55.8 cm³/mol. The minimum atomic E-state index is 0.699. The molecule has 0 spiro atoms. The first-order valence-corrected chi connectivity index (χ1v) is 5.73. The average Bonchev–Trinajstić information content (AvgIpc) is 2.52. The van der Waals surface area contributed by atoms with Crippen molar-refractivity contribution >= 4 is 0 Å².